The van der Waals surface area contributed by atoms with Crippen molar-refractivity contribution in [2.45, 2.75) is 13.8 Å². The van der Waals surface area contributed by atoms with E-state index in [4.69, 9.17) is 14.2 Å². The number of rotatable bonds is 6. The van der Waals surface area contributed by atoms with Crippen LogP contribution in [0.15, 0.2) is 11.7 Å². The van der Waals surface area contributed by atoms with E-state index in [0.717, 1.165) is 11.3 Å². The Labute approximate surface area is 173 Å². The Balaban J connectivity index is 2.14. The fourth-order valence-electron chi connectivity index (χ4n) is 2.67. The van der Waals surface area contributed by atoms with Crippen LogP contribution in [0.25, 0.3) is 10.2 Å². The average Bonchev–Trinajstić information content (AvgIpc) is 3.29. The summed E-state index contributed by atoms with van der Waals surface area (Å²) >= 11 is 2.30. The van der Waals surface area contributed by atoms with Crippen LogP contribution in [0.4, 0.5) is 10.8 Å². The lowest BCUT2D eigenvalue weighted by Crippen LogP contribution is -2.08. The third-order valence-corrected chi connectivity index (χ3v) is 6.08. The van der Waals surface area contributed by atoms with E-state index in [1.54, 1.807) is 19.2 Å². The molecule has 0 amide bonds. The second kappa shape index (κ2) is 8.53. The summed E-state index contributed by atoms with van der Waals surface area (Å²) in [5.41, 5.74) is 0.936. The number of nitrogens with one attached hydrogen (secondary N) is 1. The molecule has 0 radical (unpaired) electrons. The smallest absolute Gasteiger partial charge is 0.348 e. The number of ether oxygens (including phenoxy) is 3. The molecule has 3 rings (SSSR count). The molecule has 11 heteroatoms. The second-order valence-corrected chi connectivity index (χ2v) is 7.52. The predicted octanol–water partition coefficient (Wildman–Crippen LogP) is 3.55. The van der Waals surface area contributed by atoms with E-state index in [1.807, 2.05) is 0 Å². The molecule has 1 N–H and O–H groups in total. The van der Waals surface area contributed by atoms with Crippen molar-refractivity contribution in [3.05, 3.63) is 33.3 Å². The van der Waals surface area contributed by atoms with Gasteiger partial charge in [-0.1, -0.05) is 0 Å². The first kappa shape index (κ1) is 20.7. The van der Waals surface area contributed by atoms with Gasteiger partial charge in [0.1, 0.15) is 26.9 Å². The maximum Gasteiger partial charge on any atom is 0.348 e. The molecule has 0 spiro atoms. The lowest BCUT2D eigenvalue weighted by molar-refractivity contribution is 0.0527. The molecule has 0 aliphatic heterocycles. The first-order chi connectivity index (χ1) is 13.9. The van der Waals surface area contributed by atoms with Crippen molar-refractivity contribution in [2.24, 2.45) is 0 Å². The largest absolute Gasteiger partial charge is 0.465 e. The van der Waals surface area contributed by atoms with E-state index < -0.39 is 17.9 Å². The van der Waals surface area contributed by atoms with E-state index in [0.29, 0.717) is 32.2 Å². The summed E-state index contributed by atoms with van der Waals surface area (Å²) in [6, 6.07) is 0. The minimum Gasteiger partial charge on any atom is -0.465 e. The molecular formula is C18H17N3O6S2. The molecule has 0 bridgehead atoms. The molecule has 0 unspecified atom stereocenters. The van der Waals surface area contributed by atoms with Crippen molar-refractivity contribution in [3.8, 4) is 0 Å². The number of methoxy groups -OCH3 is 2. The maximum atomic E-state index is 12.3. The lowest BCUT2D eigenvalue weighted by atomic mass is 10.1. The number of aromatic nitrogens is 2. The molecule has 3 aromatic rings. The zero-order chi connectivity index (χ0) is 21.1. The number of esters is 3. The highest BCUT2D eigenvalue weighted by Crippen LogP contribution is 2.38. The van der Waals surface area contributed by atoms with Crippen molar-refractivity contribution in [2.75, 3.05) is 26.1 Å². The number of anilines is 2. The van der Waals surface area contributed by atoms with Crippen LogP contribution in [0.5, 0.6) is 0 Å². The first-order valence-corrected chi connectivity index (χ1v) is 10.1. The average molecular weight is 435 g/mol. The van der Waals surface area contributed by atoms with Gasteiger partial charge in [0.25, 0.3) is 0 Å². The van der Waals surface area contributed by atoms with Crippen molar-refractivity contribution in [3.63, 3.8) is 0 Å². The van der Waals surface area contributed by atoms with Gasteiger partial charge in [0, 0.05) is 5.38 Å². The molecule has 0 atom stereocenters. The summed E-state index contributed by atoms with van der Waals surface area (Å²) in [6.07, 6.45) is 1.34. The molecule has 29 heavy (non-hydrogen) atoms. The Kier molecular flexibility index (Phi) is 6.09. The van der Waals surface area contributed by atoms with Crippen LogP contribution in [0.3, 0.4) is 0 Å². The predicted molar refractivity (Wildman–Crippen MR) is 108 cm³/mol. The van der Waals surface area contributed by atoms with Gasteiger partial charge in [0.05, 0.1) is 37.3 Å². The molecule has 0 saturated heterocycles. The Morgan fingerprint density at radius 3 is 2.48 bits per heavy atom. The van der Waals surface area contributed by atoms with Gasteiger partial charge in [0.15, 0.2) is 0 Å². The Bertz CT molecular complexity index is 1100. The zero-order valence-electron chi connectivity index (χ0n) is 16.0. The summed E-state index contributed by atoms with van der Waals surface area (Å²) in [6.45, 7) is 3.57. The molecule has 3 aromatic heterocycles. The normalized spacial score (nSPS) is 10.6. The van der Waals surface area contributed by atoms with Crippen LogP contribution in [0, 0.1) is 6.92 Å². The van der Waals surface area contributed by atoms with Crippen molar-refractivity contribution < 1.29 is 28.6 Å². The van der Waals surface area contributed by atoms with Crippen LogP contribution < -0.4 is 5.32 Å². The number of hydrogen-bond acceptors (Lipinski definition) is 11. The Hall–Kier alpha value is -3.05. The standard InChI is InChI=1S/C18H17N3O6S2/c1-5-27-16(22)9-6-28-14-11(9)13(19-7-20-14)21-15-10(17(23)25-3)8(2)12(29-15)18(24)26-4/h6-7H,5H2,1-4H3,(H,19,20,21). The van der Waals surface area contributed by atoms with Gasteiger partial charge in [0.2, 0.25) is 0 Å². The van der Waals surface area contributed by atoms with E-state index in [9.17, 15) is 14.4 Å². The highest BCUT2D eigenvalue weighted by Gasteiger charge is 2.27. The first-order valence-electron chi connectivity index (χ1n) is 8.39. The van der Waals surface area contributed by atoms with Crippen LogP contribution in [-0.2, 0) is 14.2 Å². The number of carbonyl (C=O) groups is 3. The molecule has 0 fully saturated rings. The quantitative estimate of drug-likeness (QED) is 0.458. The number of carbonyl (C=O) groups excluding carboxylic acids is 3. The summed E-state index contributed by atoms with van der Waals surface area (Å²) in [5, 5.41) is 5.51. The molecule has 0 aromatic carbocycles. The third-order valence-electron chi connectivity index (χ3n) is 4.00. The number of hydrogen-bond donors (Lipinski definition) is 1. The molecule has 0 saturated carbocycles. The monoisotopic (exact) mass is 435 g/mol. The van der Waals surface area contributed by atoms with Gasteiger partial charge in [-0.3, -0.25) is 0 Å². The molecule has 0 aliphatic carbocycles. The fourth-order valence-corrected chi connectivity index (χ4v) is 4.66. The Morgan fingerprint density at radius 1 is 1.10 bits per heavy atom. The van der Waals surface area contributed by atoms with Crippen LogP contribution in [-0.4, -0.2) is 48.7 Å². The number of nitrogens with zero attached hydrogens (tertiary/aromatic N) is 2. The van der Waals surface area contributed by atoms with Gasteiger partial charge in [-0.05, 0) is 19.4 Å². The van der Waals surface area contributed by atoms with Crippen LogP contribution in [0.2, 0.25) is 0 Å². The molecular weight excluding hydrogens is 418 g/mol. The van der Waals surface area contributed by atoms with Gasteiger partial charge in [-0.25, -0.2) is 24.4 Å². The number of thiophene rings is 2. The lowest BCUT2D eigenvalue weighted by Gasteiger charge is -2.08. The summed E-state index contributed by atoms with van der Waals surface area (Å²) in [4.78, 5) is 45.9. The molecule has 152 valence electrons. The van der Waals surface area contributed by atoms with E-state index in [-0.39, 0.29) is 17.0 Å². The summed E-state index contributed by atoms with van der Waals surface area (Å²) in [7, 11) is 2.51. The van der Waals surface area contributed by atoms with Crippen molar-refractivity contribution in [1.29, 1.82) is 0 Å². The SMILES string of the molecule is CCOC(=O)c1csc2ncnc(Nc3sc(C(=O)OC)c(C)c3C(=O)OC)c12. The minimum absolute atomic E-state index is 0.192. The number of fused-ring (bicyclic) bond motifs is 1. The highest BCUT2D eigenvalue weighted by molar-refractivity contribution is 7.18. The Morgan fingerprint density at radius 2 is 1.83 bits per heavy atom. The minimum atomic E-state index is -0.613. The van der Waals surface area contributed by atoms with Crippen LogP contribution >= 0.6 is 22.7 Å². The van der Waals surface area contributed by atoms with E-state index >= 15 is 0 Å². The molecule has 0 aliphatic rings. The van der Waals surface area contributed by atoms with E-state index in [1.165, 1.54) is 31.9 Å². The fraction of sp³-hybridized carbons (Fsp3) is 0.278. The third kappa shape index (κ3) is 3.78. The maximum absolute atomic E-state index is 12.3. The second-order valence-electron chi connectivity index (χ2n) is 5.64. The van der Waals surface area contributed by atoms with Gasteiger partial charge >= 0.3 is 17.9 Å². The zero-order valence-corrected chi connectivity index (χ0v) is 17.7. The summed E-state index contributed by atoms with van der Waals surface area (Å²) in [5.74, 6) is -1.37. The van der Waals surface area contributed by atoms with Gasteiger partial charge < -0.3 is 19.5 Å². The highest BCUT2D eigenvalue weighted by atomic mass is 32.1. The summed E-state index contributed by atoms with van der Waals surface area (Å²) < 4.78 is 14.8. The topological polar surface area (TPSA) is 117 Å². The molecule has 9 nitrogen and oxygen atoms in total. The van der Waals surface area contributed by atoms with Gasteiger partial charge in [-0.15, -0.1) is 22.7 Å². The van der Waals surface area contributed by atoms with Gasteiger partial charge in [-0.2, -0.15) is 0 Å². The molecule has 3 heterocycles. The van der Waals surface area contributed by atoms with E-state index in [2.05, 4.69) is 15.3 Å². The van der Waals surface area contributed by atoms with Crippen molar-refractivity contribution in [1.82, 2.24) is 9.97 Å². The van der Waals surface area contributed by atoms with Crippen molar-refractivity contribution >= 4 is 61.6 Å². The van der Waals surface area contributed by atoms with Crippen LogP contribution in [0.1, 0.15) is 42.9 Å².